The molecule has 0 saturated carbocycles. The van der Waals surface area contributed by atoms with Gasteiger partial charge in [0, 0.05) is 32.8 Å². The summed E-state index contributed by atoms with van der Waals surface area (Å²) in [6.45, 7) is 2.60. The lowest BCUT2D eigenvalue weighted by molar-refractivity contribution is 0.145. The zero-order valence-electron chi connectivity index (χ0n) is 13.8. The van der Waals surface area contributed by atoms with Gasteiger partial charge in [-0.2, -0.15) is 0 Å². The number of hydrogen-bond acceptors (Lipinski definition) is 7. The molecule has 0 aliphatic carbocycles. The highest BCUT2D eigenvalue weighted by Crippen LogP contribution is 2.27. The van der Waals surface area contributed by atoms with Gasteiger partial charge in [-0.25, -0.2) is 13.8 Å². The molecule has 7 nitrogen and oxygen atoms in total. The third-order valence-corrected chi connectivity index (χ3v) is 5.15. The molecule has 3 rings (SSSR count). The standard InChI is InChI=1S/C15H19F2N5O2S/c1-24-8-12-19-20-15(25-12)21-4-2-10(3-5-21)7-22-9-18-11(14(16)17)6-13(22)23/h6,9-10,14H,2-5,7-8H2,1H3. The number of halogens is 2. The maximum Gasteiger partial charge on any atom is 0.280 e. The fourth-order valence-electron chi connectivity index (χ4n) is 2.84. The van der Waals surface area contributed by atoms with Crippen molar-refractivity contribution in [3.05, 3.63) is 33.4 Å². The Balaban J connectivity index is 1.56. The zero-order valence-corrected chi connectivity index (χ0v) is 14.6. The average Bonchev–Trinajstić information content (AvgIpc) is 3.06. The van der Waals surface area contributed by atoms with E-state index in [9.17, 15) is 13.6 Å². The largest absolute Gasteiger partial charge is 0.377 e. The lowest BCUT2D eigenvalue weighted by atomic mass is 9.97. The van der Waals surface area contributed by atoms with Gasteiger partial charge in [-0.05, 0) is 18.8 Å². The van der Waals surface area contributed by atoms with E-state index < -0.39 is 17.7 Å². The number of piperidine rings is 1. The summed E-state index contributed by atoms with van der Waals surface area (Å²) in [7, 11) is 1.62. The highest BCUT2D eigenvalue weighted by Gasteiger charge is 2.23. The van der Waals surface area contributed by atoms with Gasteiger partial charge in [0.15, 0.2) is 0 Å². The summed E-state index contributed by atoms with van der Waals surface area (Å²) >= 11 is 1.52. The molecule has 25 heavy (non-hydrogen) atoms. The van der Waals surface area contributed by atoms with Gasteiger partial charge in [-0.3, -0.25) is 9.36 Å². The highest BCUT2D eigenvalue weighted by atomic mass is 32.1. The molecule has 1 aliphatic heterocycles. The molecule has 2 aromatic heterocycles. The molecular weight excluding hydrogens is 352 g/mol. The number of rotatable bonds is 6. The van der Waals surface area contributed by atoms with Crippen LogP contribution in [0.1, 0.15) is 30.0 Å². The molecule has 1 aliphatic rings. The first-order valence-electron chi connectivity index (χ1n) is 7.97. The molecule has 2 aromatic rings. The van der Waals surface area contributed by atoms with E-state index in [1.807, 2.05) is 0 Å². The average molecular weight is 371 g/mol. The van der Waals surface area contributed by atoms with Crippen LogP contribution in [0.4, 0.5) is 13.9 Å². The van der Waals surface area contributed by atoms with Crippen molar-refractivity contribution in [2.45, 2.75) is 32.4 Å². The van der Waals surface area contributed by atoms with E-state index in [-0.39, 0.29) is 0 Å². The van der Waals surface area contributed by atoms with Gasteiger partial charge in [-0.15, -0.1) is 10.2 Å². The van der Waals surface area contributed by atoms with E-state index in [1.54, 1.807) is 7.11 Å². The van der Waals surface area contributed by atoms with E-state index in [0.29, 0.717) is 19.1 Å². The summed E-state index contributed by atoms with van der Waals surface area (Å²) in [6.07, 6.45) is 0.281. The topological polar surface area (TPSA) is 73.1 Å². The number of aromatic nitrogens is 4. The van der Waals surface area contributed by atoms with Gasteiger partial charge in [0.05, 0.1) is 6.33 Å². The van der Waals surface area contributed by atoms with Crippen molar-refractivity contribution in [3.63, 3.8) is 0 Å². The lowest BCUT2D eigenvalue weighted by Crippen LogP contribution is -2.36. The minimum absolute atomic E-state index is 0.305. The molecule has 0 unspecified atom stereocenters. The molecule has 0 amide bonds. The van der Waals surface area contributed by atoms with Gasteiger partial charge in [0.2, 0.25) is 5.13 Å². The molecule has 136 valence electrons. The van der Waals surface area contributed by atoms with Gasteiger partial charge in [0.1, 0.15) is 17.3 Å². The molecule has 1 saturated heterocycles. The first kappa shape index (κ1) is 17.9. The molecule has 1 fully saturated rings. The summed E-state index contributed by atoms with van der Waals surface area (Å²) in [6, 6.07) is 0.915. The Kier molecular flexibility index (Phi) is 5.69. The summed E-state index contributed by atoms with van der Waals surface area (Å²) in [5.41, 5.74) is -0.903. The summed E-state index contributed by atoms with van der Waals surface area (Å²) in [5, 5.41) is 10.00. The first-order valence-corrected chi connectivity index (χ1v) is 8.79. The summed E-state index contributed by atoms with van der Waals surface area (Å²) in [5.74, 6) is 0.305. The van der Waals surface area contributed by atoms with Crippen molar-refractivity contribution in [1.29, 1.82) is 0 Å². The normalized spacial score (nSPS) is 15.9. The van der Waals surface area contributed by atoms with Crippen LogP contribution < -0.4 is 10.5 Å². The SMILES string of the molecule is COCc1nnc(N2CCC(Cn3cnc(C(F)F)cc3=O)CC2)s1. The molecule has 0 radical (unpaired) electrons. The Bertz CT molecular complexity index is 758. The van der Waals surface area contributed by atoms with Crippen LogP contribution in [0, 0.1) is 5.92 Å². The zero-order chi connectivity index (χ0) is 17.8. The van der Waals surface area contributed by atoms with Crippen LogP contribution in [0.15, 0.2) is 17.2 Å². The summed E-state index contributed by atoms with van der Waals surface area (Å²) in [4.78, 5) is 17.8. The monoisotopic (exact) mass is 371 g/mol. The van der Waals surface area contributed by atoms with E-state index in [2.05, 4.69) is 20.1 Å². The van der Waals surface area contributed by atoms with Crippen molar-refractivity contribution >= 4 is 16.5 Å². The predicted molar refractivity (Wildman–Crippen MR) is 89.0 cm³/mol. The van der Waals surface area contributed by atoms with Crippen LogP contribution in [0.3, 0.4) is 0 Å². The van der Waals surface area contributed by atoms with Crippen LogP contribution in [0.2, 0.25) is 0 Å². The van der Waals surface area contributed by atoms with Crippen LogP contribution >= 0.6 is 11.3 Å². The minimum atomic E-state index is -2.72. The second kappa shape index (κ2) is 7.96. The molecule has 0 bridgehead atoms. The Morgan fingerprint density at radius 2 is 2.12 bits per heavy atom. The Labute approximate surface area is 147 Å². The van der Waals surface area contributed by atoms with Crippen molar-refractivity contribution in [2.75, 3.05) is 25.1 Å². The molecule has 0 atom stereocenters. The second-order valence-corrected chi connectivity index (χ2v) is 6.99. The molecule has 0 aromatic carbocycles. The Hall–Kier alpha value is -1.94. The van der Waals surface area contributed by atoms with Crippen molar-refractivity contribution < 1.29 is 13.5 Å². The van der Waals surface area contributed by atoms with Crippen LogP contribution in [-0.4, -0.2) is 39.9 Å². The minimum Gasteiger partial charge on any atom is -0.377 e. The Morgan fingerprint density at radius 1 is 1.36 bits per heavy atom. The molecule has 3 heterocycles. The first-order chi connectivity index (χ1) is 12.1. The van der Waals surface area contributed by atoms with Crippen molar-refractivity contribution in [1.82, 2.24) is 19.7 Å². The maximum atomic E-state index is 12.6. The molecule has 10 heteroatoms. The number of hydrogen-bond donors (Lipinski definition) is 0. The third kappa shape index (κ3) is 4.37. The van der Waals surface area contributed by atoms with Crippen LogP contribution in [0.5, 0.6) is 0 Å². The molecular formula is C15H19F2N5O2S. The quantitative estimate of drug-likeness (QED) is 0.774. The van der Waals surface area contributed by atoms with E-state index in [0.717, 1.165) is 42.1 Å². The summed E-state index contributed by atoms with van der Waals surface area (Å²) < 4.78 is 31.6. The van der Waals surface area contributed by atoms with Crippen molar-refractivity contribution in [2.24, 2.45) is 5.92 Å². The molecule has 0 spiro atoms. The van der Waals surface area contributed by atoms with Gasteiger partial charge in [0.25, 0.3) is 12.0 Å². The van der Waals surface area contributed by atoms with Gasteiger partial charge in [-0.1, -0.05) is 11.3 Å². The third-order valence-electron chi connectivity index (χ3n) is 4.19. The molecule has 0 N–H and O–H groups in total. The smallest absolute Gasteiger partial charge is 0.280 e. The van der Waals surface area contributed by atoms with Gasteiger partial charge >= 0.3 is 0 Å². The van der Waals surface area contributed by atoms with Crippen LogP contribution in [0.25, 0.3) is 0 Å². The number of alkyl halides is 2. The lowest BCUT2D eigenvalue weighted by Gasteiger charge is -2.31. The fraction of sp³-hybridized carbons (Fsp3) is 0.600. The maximum absolute atomic E-state index is 12.6. The second-order valence-electron chi connectivity index (χ2n) is 5.95. The number of anilines is 1. The highest BCUT2D eigenvalue weighted by molar-refractivity contribution is 7.15. The van der Waals surface area contributed by atoms with E-state index >= 15 is 0 Å². The fourth-order valence-corrected chi connectivity index (χ4v) is 3.70. The number of nitrogens with zero attached hydrogens (tertiary/aromatic N) is 5. The number of methoxy groups -OCH3 is 1. The van der Waals surface area contributed by atoms with Crippen LogP contribution in [-0.2, 0) is 17.9 Å². The van der Waals surface area contributed by atoms with E-state index in [1.165, 1.54) is 22.2 Å². The number of ether oxygens (including phenoxy) is 1. The predicted octanol–water partition coefficient (Wildman–Crippen LogP) is 2.10. The van der Waals surface area contributed by atoms with Gasteiger partial charge < -0.3 is 9.64 Å². The Morgan fingerprint density at radius 3 is 2.76 bits per heavy atom. The van der Waals surface area contributed by atoms with E-state index in [4.69, 9.17) is 4.74 Å². The van der Waals surface area contributed by atoms with Crippen molar-refractivity contribution in [3.8, 4) is 0 Å².